The fourth-order valence-electron chi connectivity index (χ4n) is 2.65. The molecule has 0 aliphatic carbocycles. The molecule has 1 aliphatic rings. The summed E-state index contributed by atoms with van der Waals surface area (Å²) in [6.07, 6.45) is 0. The van der Waals surface area contributed by atoms with Crippen LogP contribution in [0.25, 0.3) is 4.91 Å². The van der Waals surface area contributed by atoms with Crippen LogP contribution in [-0.2, 0) is 10.0 Å². The van der Waals surface area contributed by atoms with Gasteiger partial charge < -0.3 is 5.32 Å². The minimum absolute atomic E-state index is 0.192. The molecule has 3 rings (SSSR count). The highest BCUT2D eigenvalue weighted by Gasteiger charge is 2.31. The minimum Gasteiger partial charge on any atom is -0.339 e. The Kier molecular flexibility index (Phi) is 4.24. The van der Waals surface area contributed by atoms with E-state index in [-0.39, 0.29) is 4.91 Å². The monoisotopic (exact) mass is 360 g/mol. The molecule has 0 atom stereocenters. The summed E-state index contributed by atoms with van der Waals surface area (Å²) < 4.78 is 28.9. The molecule has 6 heteroatoms. The molecule has 0 saturated carbocycles. The number of hydrogen-bond donors (Lipinski definition) is 1. The Hall–Kier alpha value is -2.11. The molecule has 2 aromatic rings. The lowest BCUT2D eigenvalue weighted by Crippen LogP contribution is -2.12. The first-order valence-electron chi connectivity index (χ1n) is 7.44. The van der Waals surface area contributed by atoms with Gasteiger partial charge in [-0.1, -0.05) is 35.9 Å². The Morgan fingerprint density at radius 1 is 1.04 bits per heavy atom. The molecule has 1 heterocycles. The molecule has 24 heavy (non-hydrogen) atoms. The van der Waals surface area contributed by atoms with E-state index in [1.54, 1.807) is 31.2 Å². The molecular weight excluding hydrogens is 344 g/mol. The average molecular weight is 361 g/mol. The van der Waals surface area contributed by atoms with E-state index < -0.39 is 10.0 Å². The van der Waals surface area contributed by atoms with Gasteiger partial charge in [-0.15, -0.1) is 4.40 Å². The molecule has 124 valence electrons. The van der Waals surface area contributed by atoms with Crippen LogP contribution in [-0.4, -0.2) is 14.3 Å². The quantitative estimate of drug-likeness (QED) is 0.855. The van der Waals surface area contributed by atoms with Crippen molar-refractivity contribution in [1.29, 1.82) is 0 Å². The van der Waals surface area contributed by atoms with Crippen molar-refractivity contribution in [3.8, 4) is 0 Å². The zero-order valence-electron chi connectivity index (χ0n) is 13.6. The third kappa shape index (κ3) is 3.09. The molecule has 2 aromatic carbocycles. The van der Waals surface area contributed by atoms with Gasteiger partial charge in [0.2, 0.25) is 0 Å². The van der Waals surface area contributed by atoms with Crippen molar-refractivity contribution in [2.45, 2.75) is 20.8 Å². The van der Waals surface area contributed by atoms with Crippen molar-refractivity contribution in [3.63, 3.8) is 0 Å². The number of amidine groups is 1. The average Bonchev–Trinajstić information content (AvgIpc) is 2.72. The number of sulfonamides is 1. The van der Waals surface area contributed by atoms with Gasteiger partial charge in [-0.25, -0.2) is 0 Å². The van der Waals surface area contributed by atoms with Crippen molar-refractivity contribution in [3.05, 3.63) is 69.8 Å². The van der Waals surface area contributed by atoms with E-state index in [1.807, 2.05) is 32.0 Å². The van der Waals surface area contributed by atoms with Gasteiger partial charge in [0.1, 0.15) is 10.7 Å². The highest BCUT2D eigenvalue weighted by molar-refractivity contribution is 8.00. The van der Waals surface area contributed by atoms with Crippen LogP contribution < -0.4 is 5.32 Å². The number of anilines is 1. The summed E-state index contributed by atoms with van der Waals surface area (Å²) in [4.78, 5) is 0.192. The summed E-state index contributed by atoms with van der Waals surface area (Å²) in [5, 5.41) is 3.63. The van der Waals surface area contributed by atoms with E-state index in [9.17, 15) is 8.42 Å². The summed E-state index contributed by atoms with van der Waals surface area (Å²) >= 11 is 6.00. The van der Waals surface area contributed by atoms with Gasteiger partial charge in [-0.2, -0.15) is 8.42 Å². The van der Waals surface area contributed by atoms with Crippen molar-refractivity contribution >= 4 is 38.1 Å². The van der Waals surface area contributed by atoms with Gasteiger partial charge in [0, 0.05) is 16.3 Å². The second-order valence-electron chi connectivity index (χ2n) is 5.82. The normalized spacial score (nSPS) is 16.2. The maximum atomic E-state index is 12.5. The van der Waals surface area contributed by atoms with Crippen molar-refractivity contribution in [2.75, 3.05) is 5.32 Å². The Labute approximate surface area is 146 Å². The van der Waals surface area contributed by atoms with Crippen LogP contribution in [0.15, 0.2) is 52.4 Å². The number of rotatable bonds is 2. The van der Waals surface area contributed by atoms with Crippen molar-refractivity contribution in [1.82, 2.24) is 0 Å². The summed E-state index contributed by atoms with van der Waals surface area (Å²) in [5.41, 5.74) is 4.07. The van der Waals surface area contributed by atoms with Gasteiger partial charge in [0.15, 0.2) is 0 Å². The molecule has 1 aliphatic heterocycles. The van der Waals surface area contributed by atoms with Crippen LogP contribution in [0, 0.1) is 13.8 Å². The van der Waals surface area contributed by atoms with E-state index in [4.69, 9.17) is 11.6 Å². The van der Waals surface area contributed by atoms with E-state index >= 15 is 0 Å². The molecule has 0 radical (unpaired) electrons. The first-order chi connectivity index (χ1) is 11.3. The van der Waals surface area contributed by atoms with Gasteiger partial charge >= 0.3 is 0 Å². The first-order valence-corrected chi connectivity index (χ1v) is 9.26. The number of aryl methyl sites for hydroxylation is 2. The number of hydrogen-bond acceptors (Lipinski definition) is 3. The Morgan fingerprint density at radius 2 is 1.79 bits per heavy atom. The van der Waals surface area contributed by atoms with Crippen LogP contribution in [0.1, 0.15) is 23.6 Å². The Balaban J connectivity index is 2.06. The fourth-order valence-corrected chi connectivity index (χ4v) is 4.26. The molecule has 1 N–H and O–H groups in total. The van der Waals surface area contributed by atoms with Gasteiger partial charge in [0.25, 0.3) is 10.0 Å². The molecule has 4 nitrogen and oxygen atoms in total. The summed E-state index contributed by atoms with van der Waals surface area (Å²) in [6, 6.07) is 12.7. The maximum absolute atomic E-state index is 12.5. The number of halogens is 1. The summed E-state index contributed by atoms with van der Waals surface area (Å²) in [5.74, 6) is 0.346. The standard InChI is InChI=1S/C18H17ClN2O2S/c1-11-7-8-12(2)16(9-11)20-18-13(3)17(24(22,23)21-18)14-5-4-6-15(19)10-14/h4-10H,1-3H3,(H,20,21). The predicted molar refractivity (Wildman–Crippen MR) is 99.9 cm³/mol. The van der Waals surface area contributed by atoms with Crippen LogP contribution in [0.2, 0.25) is 5.02 Å². The van der Waals surface area contributed by atoms with E-state index in [2.05, 4.69) is 9.71 Å². The van der Waals surface area contributed by atoms with Crippen molar-refractivity contribution < 1.29 is 8.42 Å². The molecular formula is C18H17ClN2O2S. The molecule has 0 spiro atoms. The molecule has 0 fully saturated rings. The second kappa shape index (κ2) is 6.07. The summed E-state index contributed by atoms with van der Waals surface area (Å²) in [7, 11) is -3.75. The third-order valence-electron chi connectivity index (χ3n) is 3.90. The number of nitrogens with one attached hydrogen (secondary N) is 1. The number of nitrogens with zero attached hydrogens (tertiary/aromatic N) is 1. The van der Waals surface area contributed by atoms with Gasteiger partial charge in [-0.3, -0.25) is 0 Å². The highest BCUT2D eigenvalue weighted by atomic mass is 35.5. The Bertz CT molecular complexity index is 992. The lowest BCUT2D eigenvalue weighted by Gasteiger charge is -2.11. The molecule has 0 unspecified atom stereocenters. The van der Waals surface area contributed by atoms with E-state index in [0.29, 0.717) is 22.0 Å². The van der Waals surface area contributed by atoms with E-state index in [1.165, 1.54) is 0 Å². The molecule has 0 bridgehead atoms. The zero-order valence-corrected chi connectivity index (χ0v) is 15.2. The number of benzene rings is 2. The Morgan fingerprint density at radius 3 is 2.50 bits per heavy atom. The zero-order chi connectivity index (χ0) is 17.5. The van der Waals surface area contributed by atoms with E-state index in [0.717, 1.165) is 16.8 Å². The highest BCUT2D eigenvalue weighted by Crippen LogP contribution is 2.34. The van der Waals surface area contributed by atoms with Crippen LogP contribution >= 0.6 is 11.6 Å². The third-order valence-corrected chi connectivity index (χ3v) is 5.61. The summed E-state index contributed by atoms with van der Waals surface area (Å²) in [6.45, 7) is 5.69. The van der Waals surface area contributed by atoms with Crippen molar-refractivity contribution in [2.24, 2.45) is 4.40 Å². The van der Waals surface area contributed by atoms with Crippen LogP contribution in [0.3, 0.4) is 0 Å². The van der Waals surface area contributed by atoms with Crippen LogP contribution in [0.4, 0.5) is 5.69 Å². The predicted octanol–water partition coefficient (Wildman–Crippen LogP) is 4.54. The van der Waals surface area contributed by atoms with Gasteiger partial charge in [-0.05, 0) is 55.7 Å². The fraction of sp³-hybridized carbons (Fsp3) is 0.167. The SMILES string of the molecule is CC1=C(c2cccc(Cl)c2)S(=O)(=O)N=C1Nc1cc(C)ccc1C. The minimum atomic E-state index is -3.75. The topological polar surface area (TPSA) is 58.5 Å². The van der Waals surface area contributed by atoms with Gasteiger partial charge in [0.05, 0.1) is 0 Å². The smallest absolute Gasteiger partial charge is 0.285 e. The molecule has 0 aromatic heterocycles. The molecule has 0 amide bonds. The first kappa shape index (κ1) is 16.7. The second-order valence-corrected chi connectivity index (χ2v) is 7.80. The van der Waals surface area contributed by atoms with Crippen LogP contribution in [0.5, 0.6) is 0 Å². The lowest BCUT2D eigenvalue weighted by molar-refractivity contribution is 0.608. The molecule has 0 saturated heterocycles. The lowest BCUT2D eigenvalue weighted by atomic mass is 10.1. The largest absolute Gasteiger partial charge is 0.339 e. The maximum Gasteiger partial charge on any atom is 0.285 e.